The molecule has 35 heavy (non-hydrogen) atoms. The Labute approximate surface area is 202 Å². The minimum absolute atomic E-state index is 0.00281. The molecule has 1 aromatic heterocycles. The third-order valence-electron chi connectivity index (χ3n) is 6.19. The maximum absolute atomic E-state index is 15.0. The van der Waals surface area contributed by atoms with Gasteiger partial charge in [-0.05, 0) is 38.1 Å². The SMILES string of the molecule is COc1cnc(C(=O)Nc2ccc(F)c([C@]3(C)CS(=O)(=O)[C@@](C)(C4=CC=CCN4)C(=N)N3)c2)cn1. The number of sulfone groups is 1. The fraction of sp³-hybridized carbons (Fsp3) is 0.304. The second-order valence-corrected chi connectivity index (χ2v) is 10.9. The Morgan fingerprint density at radius 1 is 1.26 bits per heavy atom. The molecule has 1 fully saturated rings. The van der Waals surface area contributed by atoms with Crippen molar-refractivity contribution in [2.45, 2.75) is 24.1 Å². The molecular weight excluding hydrogens is 475 g/mol. The lowest BCUT2D eigenvalue weighted by molar-refractivity contribution is 0.102. The van der Waals surface area contributed by atoms with Gasteiger partial charge in [-0.2, -0.15) is 0 Å². The van der Waals surface area contributed by atoms with Crippen molar-refractivity contribution in [2.75, 3.05) is 24.7 Å². The summed E-state index contributed by atoms with van der Waals surface area (Å²) in [5, 5.41) is 17.2. The molecule has 2 aliphatic heterocycles. The zero-order valence-corrected chi connectivity index (χ0v) is 20.2. The van der Waals surface area contributed by atoms with E-state index in [-0.39, 0.29) is 28.7 Å². The predicted molar refractivity (Wildman–Crippen MR) is 129 cm³/mol. The number of amidine groups is 1. The lowest BCUT2D eigenvalue weighted by Crippen LogP contribution is -2.67. The van der Waals surface area contributed by atoms with E-state index >= 15 is 0 Å². The number of hydrogen-bond donors (Lipinski definition) is 4. The van der Waals surface area contributed by atoms with Crippen LogP contribution in [0.25, 0.3) is 0 Å². The Kier molecular flexibility index (Phi) is 6.09. The van der Waals surface area contributed by atoms with Crippen LogP contribution in [-0.4, -0.2) is 54.3 Å². The van der Waals surface area contributed by atoms with Gasteiger partial charge in [0.1, 0.15) is 17.3 Å². The van der Waals surface area contributed by atoms with Crippen LogP contribution in [-0.2, 0) is 15.4 Å². The Morgan fingerprint density at radius 2 is 2.03 bits per heavy atom. The van der Waals surface area contributed by atoms with E-state index in [0.29, 0.717) is 12.2 Å². The molecule has 0 saturated carbocycles. The summed E-state index contributed by atoms with van der Waals surface area (Å²) in [6.07, 6.45) is 7.71. The van der Waals surface area contributed by atoms with E-state index < -0.39 is 37.6 Å². The van der Waals surface area contributed by atoms with Gasteiger partial charge in [0.25, 0.3) is 5.91 Å². The minimum atomic E-state index is -3.97. The highest BCUT2D eigenvalue weighted by molar-refractivity contribution is 7.94. The fourth-order valence-electron chi connectivity index (χ4n) is 4.11. The highest BCUT2D eigenvalue weighted by Crippen LogP contribution is 2.39. The highest BCUT2D eigenvalue weighted by Gasteiger charge is 2.56. The summed E-state index contributed by atoms with van der Waals surface area (Å²) >= 11 is 0. The van der Waals surface area contributed by atoms with Crippen LogP contribution in [0, 0.1) is 11.2 Å². The third kappa shape index (κ3) is 4.25. The molecule has 0 spiro atoms. The molecule has 2 aromatic rings. The Balaban J connectivity index is 1.64. The first-order valence-corrected chi connectivity index (χ1v) is 12.3. The van der Waals surface area contributed by atoms with Crippen LogP contribution in [0.1, 0.15) is 29.9 Å². The van der Waals surface area contributed by atoms with Gasteiger partial charge < -0.3 is 20.7 Å². The number of hydrogen-bond acceptors (Lipinski definition) is 8. The molecule has 2 atom stereocenters. The number of ether oxygens (including phenoxy) is 1. The van der Waals surface area contributed by atoms with Gasteiger partial charge in [0.05, 0.1) is 30.8 Å². The molecule has 1 saturated heterocycles. The first-order valence-electron chi connectivity index (χ1n) is 10.7. The van der Waals surface area contributed by atoms with E-state index in [1.165, 1.54) is 45.5 Å². The van der Waals surface area contributed by atoms with Crippen molar-refractivity contribution in [1.29, 1.82) is 5.41 Å². The molecule has 1 aromatic carbocycles. The first kappa shape index (κ1) is 24.3. The van der Waals surface area contributed by atoms with E-state index in [1.807, 2.05) is 6.08 Å². The molecule has 0 aliphatic carbocycles. The van der Waals surface area contributed by atoms with Crippen LogP contribution >= 0.6 is 0 Å². The highest BCUT2D eigenvalue weighted by atomic mass is 32.2. The third-order valence-corrected chi connectivity index (χ3v) is 8.82. The second-order valence-electron chi connectivity index (χ2n) is 8.61. The number of allylic oxidation sites excluding steroid dienone is 2. The zero-order valence-electron chi connectivity index (χ0n) is 19.3. The number of benzene rings is 1. The van der Waals surface area contributed by atoms with Gasteiger partial charge in [-0.25, -0.2) is 22.8 Å². The van der Waals surface area contributed by atoms with E-state index in [0.717, 1.165) is 6.07 Å². The Bertz CT molecular complexity index is 1360. The van der Waals surface area contributed by atoms with Crippen LogP contribution in [0.15, 0.2) is 54.5 Å². The number of methoxy groups -OCH3 is 1. The standard InChI is InChI=1S/C23H25FN6O4S/c1-22(13-35(32,33)23(2,21(25)30-22)18-6-4-5-9-26-18)15-10-14(7-8-16(15)24)29-20(31)17-11-28-19(34-3)12-27-17/h4-8,10-12,26H,9,13H2,1-3H3,(H2,25,30)(H,29,31)/t22-,23-/m0/s1. The maximum atomic E-state index is 15.0. The summed E-state index contributed by atoms with van der Waals surface area (Å²) in [4.78, 5) is 20.5. The molecule has 4 N–H and O–H groups in total. The normalized spacial score (nSPS) is 25.1. The summed E-state index contributed by atoms with van der Waals surface area (Å²) in [5.41, 5.74) is -0.837. The molecular formula is C23H25FN6O4S. The van der Waals surface area contributed by atoms with Crippen LogP contribution < -0.4 is 20.7 Å². The average molecular weight is 501 g/mol. The number of rotatable bonds is 5. The van der Waals surface area contributed by atoms with E-state index in [4.69, 9.17) is 10.1 Å². The van der Waals surface area contributed by atoms with Crippen molar-refractivity contribution in [3.8, 4) is 5.88 Å². The first-order chi connectivity index (χ1) is 16.5. The van der Waals surface area contributed by atoms with Gasteiger partial charge in [-0.1, -0.05) is 12.2 Å². The topological polar surface area (TPSA) is 146 Å². The van der Waals surface area contributed by atoms with E-state index in [9.17, 15) is 17.6 Å². The summed E-state index contributed by atoms with van der Waals surface area (Å²) in [5.74, 6) is -1.77. The monoisotopic (exact) mass is 500 g/mol. The largest absolute Gasteiger partial charge is 0.480 e. The number of dihydropyridines is 1. The number of anilines is 1. The number of amides is 1. The predicted octanol–water partition coefficient (Wildman–Crippen LogP) is 1.89. The van der Waals surface area contributed by atoms with Gasteiger partial charge in [-0.15, -0.1) is 0 Å². The van der Waals surface area contributed by atoms with Crippen molar-refractivity contribution in [3.05, 3.63) is 71.6 Å². The summed E-state index contributed by atoms with van der Waals surface area (Å²) < 4.78 is 45.3. The van der Waals surface area contributed by atoms with Crippen molar-refractivity contribution in [2.24, 2.45) is 0 Å². The smallest absolute Gasteiger partial charge is 0.275 e. The van der Waals surface area contributed by atoms with Crippen molar-refractivity contribution >= 4 is 27.3 Å². The van der Waals surface area contributed by atoms with Crippen LogP contribution in [0.2, 0.25) is 0 Å². The lowest BCUT2D eigenvalue weighted by Gasteiger charge is -2.46. The number of nitrogens with one attached hydrogen (secondary N) is 4. The molecule has 10 nitrogen and oxygen atoms in total. The van der Waals surface area contributed by atoms with Crippen LogP contribution in [0.5, 0.6) is 5.88 Å². The molecule has 2 aliphatic rings. The van der Waals surface area contributed by atoms with Crippen LogP contribution in [0.4, 0.5) is 10.1 Å². The summed E-state index contributed by atoms with van der Waals surface area (Å²) in [7, 11) is -2.54. The molecule has 0 bridgehead atoms. The Hall–Kier alpha value is -3.80. The molecule has 1 amide bonds. The fourth-order valence-corrected chi connectivity index (χ4v) is 6.22. The van der Waals surface area contributed by atoms with Gasteiger partial charge in [-0.3, -0.25) is 10.2 Å². The average Bonchev–Trinajstić information content (AvgIpc) is 2.83. The number of carbonyl (C=O) groups is 1. The molecule has 4 rings (SSSR count). The van der Waals surface area contributed by atoms with Crippen LogP contribution in [0.3, 0.4) is 0 Å². The summed E-state index contributed by atoms with van der Waals surface area (Å²) in [6, 6.07) is 3.84. The zero-order chi connectivity index (χ0) is 25.4. The summed E-state index contributed by atoms with van der Waals surface area (Å²) in [6.45, 7) is 3.41. The maximum Gasteiger partial charge on any atom is 0.275 e. The lowest BCUT2D eigenvalue weighted by atomic mass is 9.90. The quantitative estimate of drug-likeness (QED) is 0.487. The number of aromatic nitrogens is 2. The van der Waals surface area contributed by atoms with Gasteiger partial charge in [0.15, 0.2) is 14.6 Å². The molecule has 184 valence electrons. The Morgan fingerprint density at radius 3 is 2.63 bits per heavy atom. The van der Waals surface area contributed by atoms with E-state index in [1.54, 1.807) is 12.2 Å². The van der Waals surface area contributed by atoms with Gasteiger partial charge >= 0.3 is 0 Å². The van der Waals surface area contributed by atoms with Crippen molar-refractivity contribution in [1.82, 2.24) is 20.6 Å². The van der Waals surface area contributed by atoms with Gasteiger partial charge in [0.2, 0.25) is 5.88 Å². The molecule has 0 unspecified atom stereocenters. The van der Waals surface area contributed by atoms with Crippen molar-refractivity contribution < 1.29 is 22.3 Å². The minimum Gasteiger partial charge on any atom is -0.480 e. The van der Waals surface area contributed by atoms with E-state index in [2.05, 4.69) is 25.9 Å². The van der Waals surface area contributed by atoms with Crippen molar-refractivity contribution in [3.63, 3.8) is 0 Å². The molecule has 3 heterocycles. The number of nitrogens with zero attached hydrogens (tertiary/aromatic N) is 2. The number of carbonyl (C=O) groups excluding carboxylic acids is 1. The van der Waals surface area contributed by atoms with Gasteiger partial charge in [0, 0.05) is 23.5 Å². The molecule has 0 radical (unpaired) electrons. The second kappa shape index (κ2) is 8.77. The molecule has 12 heteroatoms. The number of halogens is 1.